The zero-order chi connectivity index (χ0) is 24.5. The molecule has 1 unspecified atom stereocenters. The van der Waals surface area contributed by atoms with Crippen LogP contribution in [0.2, 0.25) is 0 Å². The van der Waals surface area contributed by atoms with Gasteiger partial charge in [0.25, 0.3) is 15.9 Å². The van der Waals surface area contributed by atoms with Gasteiger partial charge in [0.05, 0.1) is 22.7 Å². The number of sulfonamides is 1. The van der Waals surface area contributed by atoms with Gasteiger partial charge in [-0.2, -0.15) is 13.2 Å². The maximum absolute atomic E-state index is 13.3. The van der Waals surface area contributed by atoms with E-state index in [0.29, 0.717) is 5.69 Å². The minimum atomic E-state index is -4.50. The molecule has 178 valence electrons. The van der Waals surface area contributed by atoms with Gasteiger partial charge < -0.3 is 10.1 Å². The normalized spacial score (nSPS) is 15.9. The Hall–Kier alpha value is -3.53. The first kappa shape index (κ1) is 23.6. The number of anilines is 1. The minimum absolute atomic E-state index is 0.0616. The lowest BCUT2D eigenvalue weighted by molar-refractivity contribution is -0.137. The van der Waals surface area contributed by atoms with Gasteiger partial charge in [-0.05, 0) is 54.4 Å². The predicted octanol–water partition coefficient (Wildman–Crippen LogP) is 4.29. The number of halogens is 3. The van der Waals surface area contributed by atoms with Crippen LogP contribution in [-0.4, -0.2) is 27.0 Å². The lowest BCUT2D eigenvalue weighted by atomic mass is 10.1. The maximum Gasteiger partial charge on any atom is 0.416 e. The van der Waals surface area contributed by atoms with Crippen molar-refractivity contribution in [3.63, 3.8) is 0 Å². The molecule has 0 bridgehead atoms. The van der Waals surface area contributed by atoms with Crippen LogP contribution >= 0.6 is 0 Å². The summed E-state index contributed by atoms with van der Waals surface area (Å²) >= 11 is 0. The summed E-state index contributed by atoms with van der Waals surface area (Å²) in [5, 5.41) is 2.55. The number of aryl methyl sites for hydroxylation is 1. The minimum Gasteiger partial charge on any atom is -0.476 e. The quantitative estimate of drug-likeness (QED) is 0.579. The summed E-state index contributed by atoms with van der Waals surface area (Å²) in [7, 11) is -4.00. The number of fused-ring (bicyclic) bond motifs is 1. The van der Waals surface area contributed by atoms with Gasteiger partial charge in [-0.25, -0.2) is 8.42 Å². The summed E-state index contributed by atoms with van der Waals surface area (Å²) in [6.45, 7) is 1.34. The summed E-state index contributed by atoms with van der Waals surface area (Å²) in [4.78, 5) is 12.9. The van der Waals surface area contributed by atoms with Crippen molar-refractivity contribution in [3.05, 3.63) is 89.5 Å². The van der Waals surface area contributed by atoms with Crippen molar-refractivity contribution < 1.29 is 31.1 Å². The van der Waals surface area contributed by atoms with Crippen LogP contribution in [0.1, 0.15) is 16.7 Å². The zero-order valence-electron chi connectivity index (χ0n) is 18.0. The molecular formula is C24H21F3N2O4S. The van der Waals surface area contributed by atoms with Crippen molar-refractivity contribution >= 4 is 21.6 Å². The van der Waals surface area contributed by atoms with Crippen molar-refractivity contribution in [1.82, 2.24) is 5.32 Å². The SMILES string of the molecule is Cc1ccc2c(c1)OC(C(=O)NCc1cccc(C(F)(F)F)c1)CN2S(=O)(=O)c1ccccc1. The van der Waals surface area contributed by atoms with Crippen LogP contribution in [0.25, 0.3) is 0 Å². The molecule has 0 fully saturated rings. The third kappa shape index (κ3) is 4.86. The number of hydrogen-bond donors (Lipinski definition) is 1. The molecule has 0 radical (unpaired) electrons. The van der Waals surface area contributed by atoms with E-state index in [9.17, 15) is 26.4 Å². The van der Waals surface area contributed by atoms with Crippen LogP contribution in [0.5, 0.6) is 5.75 Å². The third-order valence-electron chi connectivity index (χ3n) is 5.33. The Morgan fingerprint density at radius 2 is 1.79 bits per heavy atom. The van der Waals surface area contributed by atoms with Crippen molar-refractivity contribution in [1.29, 1.82) is 0 Å². The summed E-state index contributed by atoms with van der Waals surface area (Å²) in [6, 6.07) is 17.4. The van der Waals surface area contributed by atoms with Gasteiger partial charge in [0, 0.05) is 6.54 Å². The maximum atomic E-state index is 13.3. The van der Waals surface area contributed by atoms with E-state index in [1.54, 1.807) is 43.3 Å². The standard InChI is InChI=1S/C24H21F3N2O4S/c1-16-10-11-20-21(12-16)33-22(15-29(20)34(31,32)19-8-3-2-4-9-19)23(30)28-14-17-6-5-7-18(13-17)24(25,26)27/h2-13,22H,14-15H2,1H3,(H,28,30). The Labute approximate surface area is 195 Å². The lowest BCUT2D eigenvalue weighted by Crippen LogP contribution is -2.50. The molecule has 6 nitrogen and oxygen atoms in total. The summed E-state index contributed by atoms with van der Waals surface area (Å²) < 4.78 is 72.5. The summed E-state index contributed by atoms with van der Waals surface area (Å²) in [6.07, 6.45) is -5.70. The fraction of sp³-hybridized carbons (Fsp3) is 0.208. The molecule has 34 heavy (non-hydrogen) atoms. The molecule has 1 aliphatic heterocycles. The molecule has 1 heterocycles. The van der Waals surface area contributed by atoms with E-state index in [1.807, 2.05) is 0 Å². The van der Waals surface area contributed by atoms with Gasteiger partial charge in [-0.15, -0.1) is 0 Å². The highest BCUT2D eigenvalue weighted by molar-refractivity contribution is 7.92. The number of nitrogens with zero attached hydrogens (tertiary/aromatic N) is 1. The zero-order valence-corrected chi connectivity index (χ0v) is 18.9. The van der Waals surface area contributed by atoms with Crippen molar-refractivity contribution in [2.45, 2.75) is 30.6 Å². The van der Waals surface area contributed by atoms with Crippen LogP contribution in [0.3, 0.4) is 0 Å². The molecule has 0 aliphatic carbocycles. The second kappa shape index (κ2) is 9.02. The fourth-order valence-electron chi connectivity index (χ4n) is 3.61. The van der Waals surface area contributed by atoms with E-state index in [2.05, 4.69) is 5.32 Å². The van der Waals surface area contributed by atoms with Crippen LogP contribution in [0, 0.1) is 6.92 Å². The number of hydrogen-bond acceptors (Lipinski definition) is 4. The fourth-order valence-corrected chi connectivity index (χ4v) is 5.10. The van der Waals surface area contributed by atoms with Gasteiger partial charge in [0.15, 0.2) is 6.10 Å². The average Bonchev–Trinajstić information content (AvgIpc) is 2.81. The highest BCUT2D eigenvalue weighted by atomic mass is 32.2. The van der Waals surface area contributed by atoms with Crippen LogP contribution in [0.4, 0.5) is 18.9 Å². The smallest absolute Gasteiger partial charge is 0.416 e. The van der Waals surface area contributed by atoms with Crippen LogP contribution in [-0.2, 0) is 27.5 Å². The largest absolute Gasteiger partial charge is 0.476 e. The molecule has 0 spiro atoms. The summed E-state index contributed by atoms with van der Waals surface area (Å²) in [5.41, 5.74) is 0.541. The summed E-state index contributed by atoms with van der Waals surface area (Å²) in [5.74, 6) is -0.414. The number of alkyl halides is 3. The van der Waals surface area contributed by atoms with E-state index < -0.39 is 33.8 Å². The van der Waals surface area contributed by atoms with Crippen LogP contribution < -0.4 is 14.4 Å². The second-order valence-corrected chi connectivity index (χ2v) is 9.71. The first-order valence-electron chi connectivity index (χ1n) is 10.3. The predicted molar refractivity (Wildman–Crippen MR) is 120 cm³/mol. The molecule has 1 amide bonds. The Kier molecular flexibility index (Phi) is 6.26. The van der Waals surface area contributed by atoms with Crippen molar-refractivity contribution in [3.8, 4) is 5.75 Å². The topological polar surface area (TPSA) is 75.7 Å². The molecule has 1 atom stereocenters. The average molecular weight is 491 g/mol. The number of nitrogens with one attached hydrogen (secondary N) is 1. The monoisotopic (exact) mass is 490 g/mol. The van der Waals surface area contributed by atoms with E-state index in [0.717, 1.165) is 22.0 Å². The van der Waals surface area contributed by atoms with Gasteiger partial charge in [-0.1, -0.05) is 36.4 Å². The van der Waals surface area contributed by atoms with Crippen molar-refractivity contribution in [2.24, 2.45) is 0 Å². The Bertz CT molecular complexity index is 1310. The van der Waals surface area contributed by atoms with E-state index >= 15 is 0 Å². The molecule has 10 heteroatoms. The highest BCUT2D eigenvalue weighted by Gasteiger charge is 2.37. The number of rotatable bonds is 5. The molecule has 4 rings (SSSR count). The molecule has 3 aromatic carbocycles. The second-order valence-electron chi connectivity index (χ2n) is 7.84. The number of ether oxygens (including phenoxy) is 1. The first-order valence-corrected chi connectivity index (χ1v) is 11.8. The Morgan fingerprint density at radius 3 is 2.50 bits per heavy atom. The Balaban J connectivity index is 1.58. The van der Waals surface area contributed by atoms with Gasteiger partial charge in [0.2, 0.25) is 0 Å². The third-order valence-corrected chi connectivity index (χ3v) is 7.12. The number of carbonyl (C=O) groups is 1. The van der Waals surface area contributed by atoms with E-state index in [-0.39, 0.29) is 29.3 Å². The van der Waals surface area contributed by atoms with Crippen LogP contribution in [0.15, 0.2) is 77.7 Å². The number of amides is 1. The van der Waals surface area contributed by atoms with Gasteiger partial charge >= 0.3 is 6.18 Å². The molecule has 0 saturated carbocycles. The van der Waals surface area contributed by atoms with E-state index in [4.69, 9.17) is 4.74 Å². The Morgan fingerprint density at radius 1 is 1.06 bits per heavy atom. The van der Waals surface area contributed by atoms with Gasteiger partial charge in [-0.3, -0.25) is 9.10 Å². The molecule has 1 aliphatic rings. The first-order chi connectivity index (χ1) is 16.1. The molecule has 3 aromatic rings. The highest BCUT2D eigenvalue weighted by Crippen LogP contribution is 2.37. The number of carbonyl (C=O) groups excluding carboxylic acids is 1. The molecular weight excluding hydrogens is 469 g/mol. The molecule has 0 saturated heterocycles. The molecule has 0 aromatic heterocycles. The van der Waals surface area contributed by atoms with E-state index in [1.165, 1.54) is 24.3 Å². The number of benzene rings is 3. The lowest BCUT2D eigenvalue weighted by Gasteiger charge is -2.35. The van der Waals surface area contributed by atoms with Gasteiger partial charge in [0.1, 0.15) is 5.75 Å². The molecule has 1 N–H and O–H groups in total. The van der Waals surface area contributed by atoms with Crippen molar-refractivity contribution in [2.75, 3.05) is 10.8 Å².